The monoisotopic (exact) mass is 346 g/mol. The van der Waals surface area contributed by atoms with E-state index in [1.165, 1.54) is 19.3 Å². The number of amides is 1. The quantitative estimate of drug-likeness (QED) is 0.906. The minimum Gasteiger partial charge on any atom is -0.481 e. The molecule has 25 heavy (non-hydrogen) atoms. The Balaban J connectivity index is 1.69. The van der Waals surface area contributed by atoms with Gasteiger partial charge in [-0.25, -0.2) is 4.98 Å². The summed E-state index contributed by atoms with van der Waals surface area (Å²) in [5, 5.41) is 9.43. The molecule has 1 unspecified atom stereocenters. The Hall–Kier alpha value is -2.11. The number of pyridine rings is 1. The molecule has 0 radical (unpaired) electrons. The molecule has 2 aliphatic rings. The van der Waals surface area contributed by atoms with Crippen LogP contribution in [0, 0.1) is 5.41 Å². The van der Waals surface area contributed by atoms with Crippen molar-refractivity contribution in [1.29, 1.82) is 0 Å². The minimum absolute atomic E-state index is 0.150. The number of carbonyl (C=O) groups excluding carboxylic acids is 1. The largest absolute Gasteiger partial charge is 0.481 e. The van der Waals surface area contributed by atoms with E-state index in [9.17, 15) is 14.7 Å². The summed E-state index contributed by atoms with van der Waals surface area (Å²) in [6.45, 7) is 2.53. The third-order valence-electron chi connectivity index (χ3n) is 5.32. The number of ether oxygens (including phenoxy) is 1. The first-order chi connectivity index (χ1) is 12.0. The molecule has 2 fully saturated rings. The van der Waals surface area contributed by atoms with Crippen LogP contribution in [-0.4, -0.2) is 46.1 Å². The number of aromatic nitrogens is 1. The molecule has 0 bridgehead atoms. The molecule has 1 N–H and O–H groups in total. The van der Waals surface area contributed by atoms with E-state index in [1.807, 2.05) is 0 Å². The van der Waals surface area contributed by atoms with E-state index in [-0.39, 0.29) is 18.6 Å². The van der Waals surface area contributed by atoms with E-state index < -0.39 is 11.4 Å². The van der Waals surface area contributed by atoms with Crippen LogP contribution in [0.5, 0.6) is 5.88 Å². The highest BCUT2D eigenvalue weighted by Crippen LogP contribution is 2.31. The van der Waals surface area contributed by atoms with Crippen molar-refractivity contribution in [1.82, 2.24) is 9.88 Å². The fraction of sp³-hybridized carbons (Fsp3) is 0.632. The maximum atomic E-state index is 12.8. The molecule has 3 rings (SSSR count). The second-order valence-electron chi connectivity index (χ2n) is 7.46. The molecule has 6 heteroatoms. The molecule has 1 aliphatic heterocycles. The number of aliphatic carboxylic acids is 1. The van der Waals surface area contributed by atoms with Gasteiger partial charge in [-0.15, -0.1) is 0 Å². The molecule has 1 aliphatic carbocycles. The van der Waals surface area contributed by atoms with E-state index in [1.54, 1.807) is 30.2 Å². The van der Waals surface area contributed by atoms with Crippen LogP contribution < -0.4 is 4.74 Å². The fourth-order valence-electron chi connectivity index (χ4n) is 3.73. The van der Waals surface area contributed by atoms with Crippen molar-refractivity contribution in [3.63, 3.8) is 0 Å². The highest BCUT2D eigenvalue weighted by Gasteiger charge is 2.39. The number of hydrogen-bond acceptors (Lipinski definition) is 4. The Morgan fingerprint density at radius 1 is 1.28 bits per heavy atom. The van der Waals surface area contributed by atoms with Crippen molar-refractivity contribution >= 4 is 11.9 Å². The van der Waals surface area contributed by atoms with E-state index in [2.05, 4.69) is 4.98 Å². The summed E-state index contributed by atoms with van der Waals surface area (Å²) in [6, 6.07) is 3.35. The van der Waals surface area contributed by atoms with Crippen molar-refractivity contribution in [2.45, 2.75) is 58.0 Å². The van der Waals surface area contributed by atoms with Crippen molar-refractivity contribution in [2.24, 2.45) is 5.41 Å². The normalized spacial score (nSPS) is 24.8. The van der Waals surface area contributed by atoms with Gasteiger partial charge in [-0.3, -0.25) is 9.59 Å². The molecule has 0 spiro atoms. The highest BCUT2D eigenvalue weighted by molar-refractivity contribution is 5.95. The van der Waals surface area contributed by atoms with Gasteiger partial charge in [0.2, 0.25) is 5.88 Å². The van der Waals surface area contributed by atoms with Gasteiger partial charge in [0.25, 0.3) is 5.91 Å². The standard InChI is InChI=1S/C19H26N2O4/c1-19(18(23)24)9-5-11-21(13-19)17(22)14-8-10-20-16(12-14)25-15-6-3-2-4-7-15/h8,10,12,15H,2-7,9,11,13H2,1H3,(H,23,24). The van der Waals surface area contributed by atoms with Gasteiger partial charge >= 0.3 is 5.97 Å². The average molecular weight is 346 g/mol. The van der Waals surface area contributed by atoms with Gasteiger partial charge in [-0.2, -0.15) is 0 Å². The number of nitrogens with zero attached hydrogens (tertiary/aromatic N) is 2. The lowest BCUT2D eigenvalue weighted by Gasteiger charge is -2.37. The Kier molecular flexibility index (Phi) is 5.25. The van der Waals surface area contributed by atoms with Crippen LogP contribution in [-0.2, 0) is 4.79 Å². The fourth-order valence-corrected chi connectivity index (χ4v) is 3.73. The summed E-state index contributed by atoms with van der Waals surface area (Å²) >= 11 is 0. The Morgan fingerprint density at radius 3 is 2.76 bits per heavy atom. The van der Waals surface area contributed by atoms with Crippen LogP contribution in [0.4, 0.5) is 0 Å². The van der Waals surface area contributed by atoms with Crippen LogP contribution in [0.15, 0.2) is 18.3 Å². The number of rotatable bonds is 4. The third kappa shape index (κ3) is 4.11. The van der Waals surface area contributed by atoms with Gasteiger partial charge < -0.3 is 14.7 Å². The Morgan fingerprint density at radius 2 is 2.04 bits per heavy atom. The van der Waals surface area contributed by atoms with E-state index in [0.717, 1.165) is 12.8 Å². The molecular formula is C19H26N2O4. The second kappa shape index (κ2) is 7.42. The molecule has 1 amide bonds. The lowest BCUT2D eigenvalue weighted by molar-refractivity contribution is -0.150. The second-order valence-corrected chi connectivity index (χ2v) is 7.46. The van der Waals surface area contributed by atoms with Crippen molar-refractivity contribution in [2.75, 3.05) is 13.1 Å². The van der Waals surface area contributed by atoms with E-state index in [4.69, 9.17) is 4.74 Å². The van der Waals surface area contributed by atoms with Crippen molar-refractivity contribution < 1.29 is 19.4 Å². The zero-order valence-corrected chi connectivity index (χ0v) is 14.7. The van der Waals surface area contributed by atoms with E-state index >= 15 is 0 Å². The van der Waals surface area contributed by atoms with Gasteiger partial charge in [0.15, 0.2) is 0 Å². The molecule has 2 heterocycles. The van der Waals surface area contributed by atoms with Crippen LogP contribution in [0.3, 0.4) is 0 Å². The molecule has 1 atom stereocenters. The SMILES string of the molecule is CC1(C(=O)O)CCCN(C(=O)c2ccnc(OC3CCCCC3)c2)C1. The predicted octanol–water partition coefficient (Wildman–Crippen LogP) is 3.12. The Labute approximate surface area is 148 Å². The highest BCUT2D eigenvalue weighted by atomic mass is 16.5. The van der Waals surface area contributed by atoms with Gasteiger partial charge in [0.1, 0.15) is 6.10 Å². The lowest BCUT2D eigenvalue weighted by atomic mass is 9.82. The van der Waals surface area contributed by atoms with Crippen molar-refractivity contribution in [3.8, 4) is 5.88 Å². The van der Waals surface area contributed by atoms with Gasteiger partial charge in [-0.1, -0.05) is 6.42 Å². The molecule has 1 saturated heterocycles. The topological polar surface area (TPSA) is 79.7 Å². The first-order valence-corrected chi connectivity index (χ1v) is 9.13. The summed E-state index contributed by atoms with van der Waals surface area (Å²) in [4.78, 5) is 30.2. The zero-order valence-electron chi connectivity index (χ0n) is 14.7. The lowest BCUT2D eigenvalue weighted by Crippen LogP contribution is -2.48. The summed E-state index contributed by atoms with van der Waals surface area (Å²) in [6.07, 6.45) is 8.72. The van der Waals surface area contributed by atoms with Gasteiger partial charge in [0.05, 0.1) is 5.41 Å². The van der Waals surface area contributed by atoms with Crippen LogP contribution >= 0.6 is 0 Å². The Bertz CT molecular complexity index is 642. The number of carboxylic acid groups (broad SMARTS) is 1. The summed E-state index contributed by atoms with van der Waals surface area (Å²) in [5.41, 5.74) is -0.363. The number of piperidine rings is 1. The molecule has 1 saturated carbocycles. The van der Waals surface area contributed by atoms with Crippen molar-refractivity contribution in [3.05, 3.63) is 23.9 Å². The van der Waals surface area contributed by atoms with Crippen LogP contribution in [0.25, 0.3) is 0 Å². The van der Waals surface area contributed by atoms with E-state index in [0.29, 0.717) is 30.8 Å². The molecule has 0 aromatic carbocycles. The summed E-state index contributed by atoms with van der Waals surface area (Å²) in [7, 11) is 0. The number of hydrogen-bond donors (Lipinski definition) is 1. The maximum absolute atomic E-state index is 12.8. The number of carboxylic acids is 1. The molecule has 6 nitrogen and oxygen atoms in total. The summed E-state index contributed by atoms with van der Waals surface area (Å²) in [5.74, 6) is -0.514. The minimum atomic E-state index is -0.873. The molecule has 1 aromatic rings. The predicted molar refractivity (Wildman–Crippen MR) is 92.6 cm³/mol. The first kappa shape index (κ1) is 17.7. The zero-order chi connectivity index (χ0) is 17.9. The molecular weight excluding hydrogens is 320 g/mol. The maximum Gasteiger partial charge on any atom is 0.311 e. The molecule has 136 valence electrons. The first-order valence-electron chi connectivity index (χ1n) is 9.13. The molecule has 1 aromatic heterocycles. The van der Waals surface area contributed by atoms with Gasteiger partial charge in [0, 0.05) is 30.9 Å². The smallest absolute Gasteiger partial charge is 0.311 e. The van der Waals surface area contributed by atoms with Gasteiger partial charge in [-0.05, 0) is 51.5 Å². The number of carbonyl (C=O) groups is 2. The number of likely N-dealkylation sites (tertiary alicyclic amines) is 1. The van der Waals surface area contributed by atoms with Crippen LogP contribution in [0.1, 0.15) is 62.2 Å². The average Bonchev–Trinajstić information content (AvgIpc) is 2.62. The van der Waals surface area contributed by atoms with Crippen LogP contribution in [0.2, 0.25) is 0 Å². The third-order valence-corrected chi connectivity index (χ3v) is 5.32. The summed E-state index contributed by atoms with van der Waals surface area (Å²) < 4.78 is 5.94.